The second-order valence-electron chi connectivity index (χ2n) is 7.53. The van der Waals surface area contributed by atoms with Crippen molar-refractivity contribution in [3.63, 3.8) is 0 Å². The largest absolute Gasteiger partial charge is 0.337 e. The molecule has 1 aliphatic heterocycles. The van der Waals surface area contributed by atoms with E-state index < -0.39 is 0 Å². The van der Waals surface area contributed by atoms with Gasteiger partial charge in [0.05, 0.1) is 17.4 Å². The van der Waals surface area contributed by atoms with Gasteiger partial charge >= 0.3 is 0 Å². The molecular weight excluding hydrogens is 380 g/mol. The van der Waals surface area contributed by atoms with E-state index in [2.05, 4.69) is 26.7 Å². The Bertz CT molecular complexity index is 1130. The number of carbonyl (C=O) groups excluding carboxylic acids is 1. The molecule has 1 amide bonds. The molecule has 0 saturated carbocycles. The lowest BCUT2D eigenvalue weighted by molar-refractivity contribution is 0.0678. The molecule has 0 N–H and O–H groups in total. The Hall–Kier alpha value is -2.99. The molecule has 6 heteroatoms. The number of aromatic nitrogens is 3. The Kier molecular flexibility index (Phi) is 4.86. The quantitative estimate of drug-likeness (QED) is 0.497. The number of likely N-dealkylation sites (tertiary alicyclic amines) is 1. The lowest BCUT2D eigenvalue weighted by Crippen LogP contribution is -2.39. The first kappa shape index (κ1) is 18.1. The lowest BCUT2D eigenvalue weighted by Gasteiger charge is -2.31. The summed E-state index contributed by atoms with van der Waals surface area (Å²) in [5.41, 5.74) is 3.84. The highest BCUT2D eigenvalue weighted by molar-refractivity contribution is 7.13. The zero-order chi connectivity index (χ0) is 19.6. The summed E-state index contributed by atoms with van der Waals surface area (Å²) in [5, 5.41) is 2.78. The van der Waals surface area contributed by atoms with Crippen molar-refractivity contribution in [3.8, 4) is 10.6 Å². The summed E-state index contributed by atoms with van der Waals surface area (Å²) in [6, 6.07) is 18.3. The second kappa shape index (κ2) is 7.79. The number of piperidine rings is 1. The first-order chi connectivity index (χ1) is 14.3. The Morgan fingerprint density at radius 2 is 1.79 bits per heavy atom. The number of thiazole rings is 1. The molecule has 0 aliphatic carbocycles. The van der Waals surface area contributed by atoms with Gasteiger partial charge in [0.1, 0.15) is 10.7 Å². The predicted octanol–water partition coefficient (Wildman–Crippen LogP) is 4.71. The number of fused-ring (bicyclic) bond motifs is 1. The third kappa shape index (κ3) is 3.68. The van der Waals surface area contributed by atoms with E-state index >= 15 is 0 Å². The zero-order valence-corrected chi connectivity index (χ0v) is 16.9. The molecule has 4 aromatic rings. The maximum Gasteiger partial charge on any atom is 0.273 e. The highest BCUT2D eigenvalue weighted by atomic mass is 32.1. The number of hydrogen-bond donors (Lipinski definition) is 0. The molecule has 3 heterocycles. The van der Waals surface area contributed by atoms with Crippen LogP contribution in [0.15, 0.2) is 66.3 Å². The minimum Gasteiger partial charge on any atom is -0.337 e. The Morgan fingerprint density at radius 3 is 2.62 bits per heavy atom. The van der Waals surface area contributed by atoms with Crippen molar-refractivity contribution in [3.05, 3.63) is 72.0 Å². The van der Waals surface area contributed by atoms with Crippen molar-refractivity contribution >= 4 is 28.3 Å². The minimum atomic E-state index is 0.0509. The van der Waals surface area contributed by atoms with Crippen LogP contribution in [0.1, 0.15) is 23.3 Å². The monoisotopic (exact) mass is 402 g/mol. The molecule has 2 aromatic carbocycles. The molecule has 5 rings (SSSR count). The SMILES string of the molecule is O=C(c1csc(-c2ccccc2)n1)N1CCC(Cn2cnc3ccccc32)CC1. The predicted molar refractivity (Wildman–Crippen MR) is 116 cm³/mol. The average molecular weight is 403 g/mol. The minimum absolute atomic E-state index is 0.0509. The topological polar surface area (TPSA) is 51.0 Å². The van der Waals surface area contributed by atoms with Gasteiger partial charge in [0, 0.05) is 30.6 Å². The fourth-order valence-electron chi connectivity index (χ4n) is 4.00. The maximum atomic E-state index is 12.9. The highest BCUT2D eigenvalue weighted by Gasteiger charge is 2.25. The molecule has 0 bridgehead atoms. The van der Waals surface area contributed by atoms with Gasteiger partial charge in [-0.1, -0.05) is 42.5 Å². The van der Waals surface area contributed by atoms with Crippen molar-refractivity contribution < 1.29 is 4.79 Å². The van der Waals surface area contributed by atoms with Gasteiger partial charge in [-0.25, -0.2) is 9.97 Å². The van der Waals surface area contributed by atoms with Gasteiger partial charge in [-0.15, -0.1) is 11.3 Å². The number of nitrogens with zero attached hydrogens (tertiary/aromatic N) is 4. The van der Waals surface area contributed by atoms with E-state index in [0.29, 0.717) is 11.6 Å². The average Bonchev–Trinajstić information content (AvgIpc) is 3.43. The van der Waals surface area contributed by atoms with E-state index in [1.54, 1.807) is 0 Å². The van der Waals surface area contributed by atoms with Crippen LogP contribution >= 0.6 is 11.3 Å². The molecule has 0 radical (unpaired) electrons. The van der Waals surface area contributed by atoms with Crippen LogP contribution in [0.4, 0.5) is 0 Å². The zero-order valence-electron chi connectivity index (χ0n) is 16.1. The van der Waals surface area contributed by atoms with Gasteiger partial charge in [0.25, 0.3) is 5.91 Å². The van der Waals surface area contributed by atoms with Gasteiger partial charge in [-0.3, -0.25) is 4.79 Å². The number of imidazole rings is 1. The Balaban J connectivity index is 1.22. The highest BCUT2D eigenvalue weighted by Crippen LogP contribution is 2.26. The molecular formula is C23H22N4OS. The molecule has 146 valence electrons. The van der Waals surface area contributed by atoms with E-state index in [4.69, 9.17) is 0 Å². The first-order valence-electron chi connectivity index (χ1n) is 9.98. The summed E-state index contributed by atoms with van der Waals surface area (Å²) in [5.74, 6) is 0.613. The van der Waals surface area contributed by atoms with E-state index in [-0.39, 0.29) is 5.91 Å². The molecule has 5 nitrogen and oxygen atoms in total. The molecule has 1 fully saturated rings. The smallest absolute Gasteiger partial charge is 0.273 e. The van der Waals surface area contributed by atoms with E-state index in [1.165, 1.54) is 16.9 Å². The molecule has 1 aliphatic rings. The summed E-state index contributed by atoms with van der Waals surface area (Å²) >= 11 is 1.53. The van der Waals surface area contributed by atoms with Crippen LogP contribution in [0.3, 0.4) is 0 Å². The van der Waals surface area contributed by atoms with Gasteiger partial charge < -0.3 is 9.47 Å². The van der Waals surface area contributed by atoms with Crippen molar-refractivity contribution in [1.82, 2.24) is 19.4 Å². The summed E-state index contributed by atoms with van der Waals surface area (Å²) in [4.78, 5) is 23.9. The van der Waals surface area contributed by atoms with Crippen molar-refractivity contribution in [2.45, 2.75) is 19.4 Å². The number of rotatable bonds is 4. The van der Waals surface area contributed by atoms with Crippen LogP contribution < -0.4 is 0 Å². The number of benzene rings is 2. The van der Waals surface area contributed by atoms with Crippen molar-refractivity contribution in [2.75, 3.05) is 13.1 Å². The van der Waals surface area contributed by atoms with E-state index in [0.717, 1.165) is 48.6 Å². The third-order valence-electron chi connectivity index (χ3n) is 5.63. The summed E-state index contributed by atoms with van der Waals surface area (Å²) in [6.45, 7) is 2.53. The van der Waals surface area contributed by atoms with E-state index in [1.807, 2.05) is 59.1 Å². The molecule has 0 spiro atoms. The lowest BCUT2D eigenvalue weighted by atomic mass is 9.96. The Morgan fingerprint density at radius 1 is 1.03 bits per heavy atom. The number of hydrogen-bond acceptors (Lipinski definition) is 4. The normalized spacial score (nSPS) is 15.1. The number of amides is 1. The van der Waals surface area contributed by atoms with Gasteiger partial charge in [0.15, 0.2) is 0 Å². The van der Waals surface area contributed by atoms with Crippen LogP contribution in [0, 0.1) is 5.92 Å². The fraction of sp³-hybridized carbons (Fsp3) is 0.261. The molecule has 2 aromatic heterocycles. The number of carbonyl (C=O) groups is 1. The maximum absolute atomic E-state index is 12.9. The van der Waals surface area contributed by atoms with Crippen LogP contribution in [-0.2, 0) is 6.54 Å². The van der Waals surface area contributed by atoms with Crippen LogP contribution in [0.5, 0.6) is 0 Å². The summed E-state index contributed by atoms with van der Waals surface area (Å²) in [7, 11) is 0. The van der Waals surface area contributed by atoms with Crippen molar-refractivity contribution in [1.29, 1.82) is 0 Å². The molecule has 1 saturated heterocycles. The van der Waals surface area contributed by atoms with Crippen LogP contribution in [0.2, 0.25) is 0 Å². The van der Waals surface area contributed by atoms with Crippen LogP contribution in [-0.4, -0.2) is 38.4 Å². The van der Waals surface area contributed by atoms with Gasteiger partial charge in [0.2, 0.25) is 0 Å². The Labute approximate surface area is 173 Å². The van der Waals surface area contributed by atoms with Gasteiger partial charge in [-0.05, 0) is 30.9 Å². The third-order valence-corrected chi connectivity index (χ3v) is 6.52. The fourth-order valence-corrected chi connectivity index (χ4v) is 4.80. The van der Waals surface area contributed by atoms with Gasteiger partial charge in [-0.2, -0.15) is 0 Å². The molecule has 29 heavy (non-hydrogen) atoms. The van der Waals surface area contributed by atoms with Crippen LogP contribution in [0.25, 0.3) is 21.6 Å². The standard InChI is InChI=1S/C23H22N4OS/c28-23(20-15-29-22(25-20)18-6-2-1-3-7-18)26-12-10-17(11-13-26)14-27-16-24-19-8-4-5-9-21(19)27/h1-9,15-17H,10-14H2. The molecule has 0 atom stereocenters. The molecule has 0 unspecified atom stereocenters. The summed E-state index contributed by atoms with van der Waals surface area (Å²) in [6.07, 6.45) is 3.95. The summed E-state index contributed by atoms with van der Waals surface area (Å²) < 4.78 is 2.24. The first-order valence-corrected chi connectivity index (χ1v) is 10.9. The second-order valence-corrected chi connectivity index (χ2v) is 8.38. The number of para-hydroxylation sites is 2. The van der Waals surface area contributed by atoms with E-state index in [9.17, 15) is 4.79 Å². The van der Waals surface area contributed by atoms with Crippen molar-refractivity contribution in [2.24, 2.45) is 5.92 Å².